The summed E-state index contributed by atoms with van der Waals surface area (Å²) >= 11 is 0. The van der Waals surface area contributed by atoms with Gasteiger partial charge in [0.05, 0.1) is 0 Å². The Morgan fingerprint density at radius 2 is 1.95 bits per heavy atom. The molecule has 0 fully saturated rings. The molecule has 2 nitrogen and oxygen atoms in total. The third-order valence-electron chi connectivity index (χ3n) is 4.03. The highest BCUT2D eigenvalue weighted by Gasteiger charge is 2.14. The lowest BCUT2D eigenvalue weighted by Gasteiger charge is -2.32. The van der Waals surface area contributed by atoms with Crippen LogP contribution in [-0.2, 0) is 6.54 Å². The largest absolute Gasteiger partial charge is 0.369 e. The van der Waals surface area contributed by atoms with Crippen molar-refractivity contribution in [1.29, 1.82) is 0 Å². The van der Waals surface area contributed by atoms with E-state index in [1.54, 1.807) is 0 Å². The number of nitrogens with zero attached hydrogens (tertiary/aromatic N) is 1. The van der Waals surface area contributed by atoms with E-state index in [9.17, 15) is 0 Å². The Morgan fingerprint density at radius 3 is 2.50 bits per heavy atom. The third-order valence-corrected chi connectivity index (χ3v) is 4.03. The zero-order chi connectivity index (χ0) is 15.0. The van der Waals surface area contributed by atoms with E-state index in [0.29, 0.717) is 6.04 Å². The molecule has 1 unspecified atom stereocenters. The van der Waals surface area contributed by atoms with Gasteiger partial charge in [-0.1, -0.05) is 39.3 Å². The van der Waals surface area contributed by atoms with Crippen molar-refractivity contribution in [1.82, 2.24) is 5.32 Å². The van der Waals surface area contributed by atoms with E-state index < -0.39 is 0 Å². The fourth-order valence-electron chi connectivity index (χ4n) is 2.55. The molecule has 0 aliphatic heterocycles. The molecule has 1 N–H and O–H groups in total. The lowest BCUT2D eigenvalue weighted by Crippen LogP contribution is -2.34. The van der Waals surface area contributed by atoms with Gasteiger partial charge in [-0.15, -0.1) is 0 Å². The van der Waals surface area contributed by atoms with Crippen LogP contribution in [0.15, 0.2) is 18.2 Å². The van der Waals surface area contributed by atoms with Crippen molar-refractivity contribution in [2.75, 3.05) is 18.0 Å². The molecule has 0 saturated heterocycles. The van der Waals surface area contributed by atoms with Gasteiger partial charge in [-0.3, -0.25) is 0 Å². The number of hydrogen-bond donors (Lipinski definition) is 1. The molecule has 1 aromatic rings. The Kier molecular flexibility index (Phi) is 7.68. The maximum absolute atomic E-state index is 3.40. The Labute approximate surface area is 125 Å². The number of rotatable bonds is 9. The average Bonchev–Trinajstić information content (AvgIpc) is 2.46. The highest BCUT2D eigenvalue weighted by Crippen LogP contribution is 2.25. The minimum absolute atomic E-state index is 0.611. The van der Waals surface area contributed by atoms with Crippen molar-refractivity contribution in [2.24, 2.45) is 0 Å². The predicted molar refractivity (Wildman–Crippen MR) is 90.6 cm³/mol. The quantitative estimate of drug-likeness (QED) is 0.714. The summed E-state index contributed by atoms with van der Waals surface area (Å²) in [5, 5.41) is 3.40. The number of nitrogens with one attached hydrogen (secondary N) is 1. The monoisotopic (exact) mass is 276 g/mol. The fraction of sp³-hybridized carbons (Fsp3) is 0.667. The van der Waals surface area contributed by atoms with Crippen molar-refractivity contribution in [3.05, 3.63) is 29.3 Å². The summed E-state index contributed by atoms with van der Waals surface area (Å²) in [6.45, 7) is 14.4. The van der Waals surface area contributed by atoms with Crippen molar-refractivity contribution < 1.29 is 0 Å². The lowest BCUT2D eigenvalue weighted by molar-refractivity contribution is 0.594. The summed E-state index contributed by atoms with van der Waals surface area (Å²) in [5.41, 5.74) is 4.19. The van der Waals surface area contributed by atoms with Crippen LogP contribution in [0.5, 0.6) is 0 Å². The van der Waals surface area contributed by atoms with E-state index in [1.165, 1.54) is 42.6 Å². The maximum atomic E-state index is 3.40. The van der Waals surface area contributed by atoms with Gasteiger partial charge in [0.1, 0.15) is 0 Å². The first-order chi connectivity index (χ1) is 9.63. The molecule has 0 spiro atoms. The van der Waals surface area contributed by atoms with Gasteiger partial charge in [0.25, 0.3) is 0 Å². The number of hydrogen-bond acceptors (Lipinski definition) is 2. The molecular formula is C18H32N2. The van der Waals surface area contributed by atoms with Gasteiger partial charge in [-0.2, -0.15) is 0 Å². The van der Waals surface area contributed by atoms with Crippen molar-refractivity contribution in [3.63, 3.8) is 0 Å². The number of benzene rings is 1. The zero-order valence-electron chi connectivity index (χ0n) is 14.0. The van der Waals surface area contributed by atoms with Crippen LogP contribution in [0.4, 0.5) is 5.69 Å². The summed E-state index contributed by atoms with van der Waals surface area (Å²) in [6.07, 6.45) is 3.72. The second-order valence-corrected chi connectivity index (χ2v) is 5.71. The maximum Gasteiger partial charge on any atom is 0.0398 e. The molecular weight excluding hydrogens is 244 g/mol. The standard InChI is InChI=1S/C18H32N2/c1-6-9-12-20(16(5)7-2)18-11-10-17(13-15(18)4)14-19-8-3/h10-11,13,16,19H,6-9,12,14H2,1-5H3. The topological polar surface area (TPSA) is 15.3 Å². The first-order valence-corrected chi connectivity index (χ1v) is 8.20. The highest BCUT2D eigenvalue weighted by molar-refractivity contribution is 5.55. The molecule has 0 heterocycles. The Balaban J connectivity index is 2.89. The molecule has 0 aliphatic rings. The van der Waals surface area contributed by atoms with E-state index in [2.05, 4.69) is 63.0 Å². The molecule has 0 saturated carbocycles. The normalized spacial score (nSPS) is 12.4. The van der Waals surface area contributed by atoms with E-state index >= 15 is 0 Å². The van der Waals surface area contributed by atoms with E-state index in [-0.39, 0.29) is 0 Å². The summed E-state index contributed by atoms with van der Waals surface area (Å²) in [5.74, 6) is 0. The summed E-state index contributed by atoms with van der Waals surface area (Å²) in [7, 11) is 0. The average molecular weight is 276 g/mol. The van der Waals surface area contributed by atoms with Gasteiger partial charge in [0, 0.05) is 24.8 Å². The molecule has 20 heavy (non-hydrogen) atoms. The van der Waals surface area contributed by atoms with Crippen molar-refractivity contribution >= 4 is 5.69 Å². The number of unbranched alkanes of at least 4 members (excludes halogenated alkanes) is 1. The SMILES string of the molecule is CCCCN(c1ccc(CNCC)cc1C)C(C)CC. The van der Waals surface area contributed by atoms with Gasteiger partial charge in [0.2, 0.25) is 0 Å². The first kappa shape index (κ1) is 17.0. The molecule has 0 radical (unpaired) electrons. The van der Waals surface area contributed by atoms with Gasteiger partial charge in [-0.25, -0.2) is 0 Å². The van der Waals surface area contributed by atoms with Crippen LogP contribution in [0.1, 0.15) is 58.1 Å². The Bertz CT molecular complexity index is 387. The molecule has 1 rings (SSSR count). The van der Waals surface area contributed by atoms with Crippen LogP contribution in [0.2, 0.25) is 0 Å². The highest BCUT2D eigenvalue weighted by atomic mass is 15.2. The minimum atomic E-state index is 0.611. The van der Waals surface area contributed by atoms with E-state index in [0.717, 1.165) is 13.1 Å². The Morgan fingerprint density at radius 1 is 1.20 bits per heavy atom. The van der Waals surface area contributed by atoms with Crippen LogP contribution in [-0.4, -0.2) is 19.1 Å². The van der Waals surface area contributed by atoms with Gasteiger partial charge in [-0.05, 0) is 50.4 Å². The fourth-order valence-corrected chi connectivity index (χ4v) is 2.55. The minimum Gasteiger partial charge on any atom is -0.369 e. The molecule has 0 amide bonds. The van der Waals surface area contributed by atoms with Crippen LogP contribution in [0, 0.1) is 6.92 Å². The van der Waals surface area contributed by atoms with Crippen LogP contribution in [0.3, 0.4) is 0 Å². The second-order valence-electron chi connectivity index (χ2n) is 5.71. The van der Waals surface area contributed by atoms with Gasteiger partial charge < -0.3 is 10.2 Å². The first-order valence-electron chi connectivity index (χ1n) is 8.20. The summed E-state index contributed by atoms with van der Waals surface area (Å²) in [6, 6.07) is 7.52. The molecule has 0 aliphatic carbocycles. The van der Waals surface area contributed by atoms with E-state index in [4.69, 9.17) is 0 Å². The lowest BCUT2D eigenvalue weighted by atomic mass is 10.1. The molecule has 2 heteroatoms. The zero-order valence-corrected chi connectivity index (χ0v) is 14.0. The van der Waals surface area contributed by atoms with Crippen LogP contribution < -0.4 is 10.2 Å². The second kappa shape index (κ2) is 9.02. The molecule has 114 valence electrons. The van der Waals surface area contributed by atoms with Crippen molar-refractivity contribution in [2.45, 2.75) is 66.5 Å². The third kappa shape index (κ3) is 4.82. The van der Waals surface area contributed by atoms with Gasteiger partial charge in [0.15, 0.2) is 0 Å². The predicted octanol–water partition coefficient (Wildman–Crippen LogP) is 4.51. The van der Waals surface area contributed by atoms with Crippen molar-refractivity contribution in [3.8, 4) is 0 Å². The van der Waals surface area contributed by atoms with Crippen LogP contribution >= 0.6 is 0 Å². The molecule has 1 aromatic carbocycles. The van der Waals surface area contributed by atoms with Crippen LogP contribution in [0.25, 0.3) is 0 Å². The molecule has 0 aromatic heterocycles. The summed E-state index contributed by atoms with van der Waals surface area (Å²) < 4.78 is 0. The molecule has 1 atom stereocenters. The summed E-state index contributed by atoms with van der Waals surface area (Å²) in [4.78, 5) is 2.58. The smallest absolute Gasteiger partial charge is 0.0398 e. The number of aryl methyl sites for hydroxylation is 1. The van der Waals surface area contributed by atoms with Gasteiger partial charge >= 0.3 is 0 Å². The molecule has 0 bridgehead atoms. The van der Waals surface area contributed by atoms with E-state index in [1.807, 2.05) is 0 Å². The Hall–Kier alpha value is -1.02. The number of anilines is 1.